The summed E-state index contributed by atoms with van der Waals surface area (Å²) < 4.78 is 0. The fourth-order valence-corrected chi connectivity index (χ4v) is 3.75. The van der Waals surface area contributed by atoms with E-state index in [9.17, 15) is 19.6 Å². The molecule has 0 radical (unpaired) electrons. The maximum atomic E-state index is 12.8. The fraction of sp³-hybridized carbons (Fsp3) is 0.667. The standard InChI is InChI=1S/C18H28N6O4/c1-2-3-4-13(10-23(28)12-25)16(26)22-24-11-18(6-7-18)9-14(24)17(27)20-15-5-8-19-21-15/h5,8,12-14,28H,2-4,6-7,9-11H2,1H3,(H,22,26)(H2,19,20,21,27)/t13-,14+/m1/s1. The van der Waals surface area contributed by atoms with Crippen molar-refractivity contribution in [3.05, 3.63) is 12.3 Å². The van der Waals surface area contributed by atoms with Gasteiger partial charge in [0.2, 0.25) is 18.2 Å². The van der Waals surface area contributed by atoms with Crippen LogP contribution in [-0.4, -0.2) is 62.8 Å². The van der Waals surface area contributed by atoms with Gasteiger partial charge in [-0.2, -0.15) is 5.10 Å². The molecule has 4 N–H and O–H groups in total. The number of aromatic nitrogens is 2. The first-order chi connectivity index (χ1) is 13.5. The van der Waals surface area contributed by atoms with Crippen LogP contribution in [-0.2, 0) is 14.4 Å². The van der Waals surface area contributed by atoms with Crippen LogP contribution in [0.5, 0.6) is 0 Å². The summed E-state index contributed by atoms with van der Waals surface area (Å²) in [6, 6.07) is 1.19. The van der Waals surface area contributed by atoms with Gasteiger partial charge in [-0.25, -0.2) is 10.1 Å². The summed E-state index contributed by atoms with van der Waals surface area (Å²) in [4.78, 5) is 36.3. The molecule has 2 heterocycles. The summed E-state index contributed by atoms with van der Waals surface area (Å²) >= 11 is 0. The zero-order valence-electron chi connectivity index (χ0n) is 16.1. The van der Waals surface area contributed by atoms with Gasteiger partial charge in [0.15, 0.2) is 0 Å². The number of rotatable bonds is 10. The number of nitrogens with zero attached hydrogens (tertiary/aromatic N) is 3. The summed E-state index contributed by atoms with van der Waals surface area (Å²) in [6.45, 7) is 2.56. The van der Waals surface area contributed by atoms with Crippen LogP contribution in [0.1, 0.15) is 45.4 Å². The highest BCUT2D eigenvalue weighted by Crippen LogP contribution is 2.54. The van der Waals surface area contributed by atoms with Gasteiger partial charge < -0.3 is 5.32 Å². The largest absolute Gasteiger partial charge is 0.310 e. The van der Waals surface area contributed by atoms with E-state index in [0.29, 0.717) is 36.7 Å². The summed E-state index contributed by atoms with van der Waals surface area (Å²) in [7, 11) is 0. The third-order valence-corrected chi connectivity index (χ3v) is 5.59. The van der Waals surface area contributed by atoms with Crippen LogP contribution in [0.25, 0.3) is 0 Å². The molecule has 1 saturated carbocycles. The summed E-state index contributed by atoms with van der Waals surface area (Å²) in [5.74, 6) is -0.514. The monoisotopic (exact) mass is 392 g/mol. The van der Waals surface area contributed by atoms with Gasteiger partial charge in [0.05, 0.1) is 18.7 Å². The van der Waals surface area contributed by atoms with E-state index >= 15 is 0 Å². The lowest BCUT2D eigenvalue weighted by atomic mass is 10.0. The Bertz CT molecular complexity index is 690. The molecule has 0 aromatic carbocycles. The molecule has 1 spiro atoms. The molecule has 28 heavy (non-hydrogen) atoms. The zero-order valence-corrected chi connectivity index (χ0v) is 16.1. The Labute approximate surface area is 163 Å². The molecule has 3 amide bonds. The SMILES string of the molecule is CCCC[C@H](CN(O)C=O)C(=O)NN1CC2(CC2)C[C@H]1C(=O)Nc1ccn[nH]1. The molecular weight excluding hydrogens is 364 g/mol. The summed E-state index contributed by atoms with van der Waals surface area (Å²) in [5.41, 5.74) is 2.97. The Morgan fingerprint density at radius 3 is 2.93 bits per heavy atom. The first-order valence-corrected chi connectivity index (χ1v) is 9.74. The molecule has 0 bridgehead atoms. The predicted octanol–water partition coefficient (Wildman–Crippen LogP) is 0.888. The van der Waals surface area contributed by atoms with Crippen LogP contribution in [0.3, 0.4) is 0 Å². The number of hydrazine groups is 1. The van der Waals surface area contributed by atoms with Crippen molar-refractivity contribution in [2.45, 2.75) is 51.5 Å². The Hall–Kier alpha value is -2.46. The number of unbranched alkanes of at least 4 members (excludes halogenated alkanes) is 1. The number of anilines is 1. The van der Waals surface area contributed by atoms with E-state index in [-0.39, 0.29) is 23.8 Å². The second-order valence-electron chi connectivity index (χ2n) is 7.85. The van der Waals surface area contributed by atoms with Crippen molar-refractivity contribution in [3.63, 3.8) is 0 Å². The number of hydrogen-bond donors (Lipinski definition) is 4. The molecule has 1 aliphatic heterocycles. The number of H-pyrrole nitrogens is 1. The molecule has 1 aromatic heterocycles. The van der Waals surface area contributed by atoms with E-state index < -0.39 is 12.0 Å². The molecule has 1 aromatic rings. The highest BCUT2D eigenvalue weighted by molar-refractivity contribution is 5.94. The van der Waals surface area contributed by atoms with Gasteiger partial charge in [-0.05, 0) is 31.1 Å². The van der Waals surface area contributed by atoms with Crippen LogP contribution in [0.2, 0.25) is 0 Å². The van der Waals surface area contributed by atoms with Gasteiger partial charge in [0, 0.05) is 12.6 Å². The Kier molecular flexibility index (Phi) is 6.30. The Morgan fingerprint density at radius 1 is 1.54 bits per heavy atom. The lowest BCUT2D eigenvalue weighted by molar-refractivity contribution is -0.155. The number of carbonyl (C=O) groups is 3. The van der Waals surface area contributed by atoms with Gasteiger partial charge >= 0.3 is 0 Å². The number of nitrogens with one attached hydrogen (secondary N) is 3. The molecule has 3 rings (SSSR count). The maximum absolute atomic E-state index is 12.8. The average molecular weight is 392 g/mol. The van der Waals surface area contributed by atoms with Crippen molar-refractivity contribution >= 4 is 24.0 Å². The van der Waals surface area contributed by atoms with Crippen LogP contribution < -0.4 is 10.7 Å². The van der Waals surface area contributed by atoms with Crippen LogP contribution >= 0.6 is 0 Å². The molecule has 2 fully saturated rings. The first kappa shape index (κ1) is 20.3. The van der Waals surface area contributed by atoms with Crippen molar-refractivity contribution < 1.29 is 19.6 Å². The Balaban J connectivity index is 1.65. The third-order valence-electron chi connectivity index (χ3n) is 5.59. The number of aromatic amines is 1. The molecule has 2 aliphatic rings. The molecular formula is C18H28N6O4. The van der Waals surface area contributed by atoms with Gasteiger partial charge in [-0.3, -0.25) is 30.1 Å². The van der Waals surface area contributed by atoms with Crippen LogP contribution in [0.15, 0.2) is 12.3 Å². The van der Waals surface area contributed by atoms with E-state index in [2.05, 4.69) is 20.9 Å². The fourth-order valence-electron chi connectivity index (χ4n) is 3.75. The highest BCUT2D eigenvalue weighted by Gasteiger charge is 2.54. The number of carbonyl (C=O) groups excluding carboxylic acids is 3. The average Bonchev–Trinajstić information content (AvgIpc) is 3.06. The van der Waals surface area contributed by atoms with Crippen molar-refractivity contribution in [1.29, 1.82) is 0 Å². The van der Waals surface area contributed by atoms with E-state index in [0.717, 1.165) is 25.7 Å². The van der Waals surface area contributed by atoms with Gasteiger partial charge in [0.1, 0.15) is 11.9 Å². The topological polar surface area (TPSA) is 131 Å². The lowest BCUT2D eigenvalue weighted by Gasteiger charge is -2.27. The second kappa shape index (κ2) is 8.70. The maximum Gasteiger partial charge on any atom is 0.244 e. The lowest BCUT2D eigenvalue weighted by Crippen LogP contribution is -2.52. The number of amides is 3. The van der Waals surface area contributed by atoms with E-state index in [1.54, 1.807) is 17.3 Å². The van der Waals surface area contributed by atoms with Crippen molar-refractivity contribution in [1.82, 2.24) is 25.7 Å². The molecule has 1 aliphatic carbocycles. The molecule has 1 saturated heterocycles. The minimum absolute atomic E-state index is 0.0701. The predicted molar refractivity (Wildman–Crippen MR) is 99.7 cm³/mol. The summed E-state index contributed by atoms with van der Waals surface area (Å²) in [5, 5.41) is 21.0. The molecule has 154 valence electrons. The minimum atomic E-state index is -0.540. The zero-order chi connectivity index (χ0) is 20.1. The Morgan fingerprint density at radius 2 is 2.32 bits per heavy atom. The van der Waals surface area contributed by atoms with Crippen LogP contribution in [0.4, 0.5) is 5.82 Å². The molecule has 10 nitrogen and oxygen atoms in total. The summed E-state index contributed by atoms with van der Waals surface area (Å²) in [6.07, 6.45) is 6.88. The van der Waals surface area contributed by atoms with Gasteiger partial charge in [-0.1, -0.05) is 19.8 Å². The molecule has 10 heteroatoms. The molecule has 2 atom stereocenters. The van der Waals surface area contributed by atoms with E-state index in [4.69, 9.17) is 0 Å². The second-order valence-corrected chi connectivity index (χ2v) is 7.85. The van der Waals surface area contributed by atoms with Crippen LogP contribution in [0, 0.1) is 11.3 Å². The quantitative estimate of drug-likeness (QED) is 0.266. The minimum Gasteiger partial charge on any atom is -0.310 e. The van der Waals surface area contributed by atoms with Crippen molar-refractivity contribution in [2.75, 3.05) is 18.4 Å². The number of hydrogen-bond acceptors (Lipinski definition) is 6. The van der Waals surface area contributed by atoms with E-state index in [1.165, 1.54) is 0 Å². The third kappa shape index (κ3) is 4.87. The molecule has 0 unspecified atom stereocenters. The van der Waals surface area contributed by atoms with Gasteiger partial charge in [-0.15, -0.1) is 0 Å². The first-order valence-electron chi connectivity index (χ1n) is 9.74. The highest BCUT2D eigenvalue weighted by atomic mass is 16.5. The van der Waals surface area contributed by atoms with Gasteiger partial charge in [0.25, 0.3) is 0 Å². The van der Waals surface area contributed by atoms with Crippen molar-refractivity contribution in [2.24, 2.45) is 11.3 Å². The smallest absolute Gasteiger partial charge is 0.244 e. The number of hydroxylamine groups is 2. The normalized spacial score (nSPS) is 21.3. The van der Waals surface area contributed by atoms with Crippen molar-refractivity contribution in [3.8, 4) is 0 Å². The van der Waals surface area contributed by atoms with E-state index in [1.807, 2.05) is 6.92 Å².